The molecule has 0 unspecified atom stereocenters. The molecule has 0 saturated carbocycles. The summed E-state index contributed by atoms with van der Waals surface area (Å²) in [6.45, 7) is 2.52. The summed E-state index contributed by atoms with van der Waals surface area (Å²) in [4.78, 5) is 36.0. The lowest BCUT2D eigenvalue weighted by Gasteiger charge is -2.17. The molecule has 0 aliphatic heterocycles. The van der Waals surface area contributed by atoms with Crippen molar-refractivity contribution in [2.75, 3.05) is 6.54 Å². The zero-order valence-electron chi connectivity index (χ0n) is 17.8. The van der Waals surface area contributed by atoms with Gasteiger partial charge in [-0.15, -0.1) is 0 Å². The van der Waals surface area contributed by atoms with Crippen LogP contribution < -0.4 is 10.6 Å². The molecule has 1 atom stereocenters. The standard InChI is InChI=1S/C24H30N2O5/c1-2-22(27)26-21(23(28)30-17-19-11-5-3-6-12-19)15-9-10-16-25-24(29)31-18-20-13-7-4-8-14-20/h3-8,11-14,21H,2,9-10,15-18H2,1H3,(H,25,29)(H,26,27)/t21-/m0/s1. The molecule has 0 fully saturated rings. The van der Waals surface area contributed by atoms with E-state index in [9.17, 15) is 14.4 Å². The number of carbonyl (C=O) groups excluding carboxylic acids is 3. The van der Waals surface area contributed by atoms with Gasteiger partial charge < -0.3 is 20.1 Å². The second kappa shape index (κ2) is 13.8. The maximum Gasteiger partial charge on any atom is 0.407 e. The molecule has 0 aliphatic rings. The minimum Gasteiger partial charge on any atom is -0.459 e. The Bertz CT molecular complexity index is 811. The van der Waals surface area contributed by atoms with Crippen LogP contribution in [0.4, 0.5) is 4.79 Å². The van der Waals surface area contributed by atoms with Crippen molar-refractivity contribution in [3.8, 4) is 0 Å². The SMILES string of the molecule is CCC(=O)N[C@@H](CCCCNC(=O)OCc1ccccc1)C(=O)OCc1ccccc1. The Kier molecular flexibility index (Phi) is 10.6. The normalized spacial score (nSPS) is 11.3. The van der Waals surface area contributed by atoms with Gasteiger partial charge in [0.1, 0.15) is 19.3 Å². The zero-order valence-corrected chi connectivity index (χ0v) is 17.8. The van der Waals surface area contributed by atoms with Gasteiger partial charge in [-0.3, -0.25) is 4.79 Å². The average Bonchev–Trinajstić information content (AvgIpc) is 2.81. The van der Waals surface area contributed by atoms with E-state index >= 15 is 0 Å². The molecule has 0 heterocycles. The highest BCUT2D eigenvalue weighted by Crippen LogP contribution is 2.07. The molecular weight excluding hydrogens is 396 g/mol. The molecule has 31 heavy (non-hydrogen) atoms. The molecule has 2 aromatic rings. The number of carbonyl (C=O) groups is 3. The lowest BCUT2D eigenvalue weighted by atomic mass is 10.1. The van der Waals surface area contributed by atoms with Gasteiger partial charge in [-0.1, -0.05) is 67.6 Å². The Morgan fingerprint density at radius 2 is 1.42 bits per heavy atom. The molecular formula is C24H30N2O5. The summed E-state index contributed by atoms with van der Waals surface area (Å²) >= 11 is 0. The molecule has 0 aliphatic carbocycles. The molecule has 2 aromatic carbocycles. The number of hydrogen-bond acceptors (Lipinski definition) is 5. The number of alkyl carbamates (subject to hydrolysis) is 1. The van der Waals surface area contributed by atoms with Gasteiger partial charge in [0.2, 0.25) is 5.91 Å². The maximum atomic E-state index is 12.4. The van der Waals surface area contributed by atoms with E-state index in [0.717, 1.165) is 11.1 Å². The number of nitrogens with one attached hydrogen (secondary N) is 2. The topological polar surface area (TPSA) is 93.7 Å². The molecule has 0 saturated heterocycles. The smallest absolute Gasteiger partial charge is 0.407 e. The van der Waals surface area contributed by atoms with Crippen LogP contribution >= 0.6 is 0 Å². The first-order chi connectivity index (χ1) is 15.1. The first-order valence-electron chi connectivity index (χ1n) is 10.5. The van der Waals surface area contributed by atoms with Crippen LogP contribution in [-0.2, 0) is 32.3 Å². The van der Waals surface area contributed by atoms with Crippen molar-refractivity contribution in [3.05, 3.63) is 71.8 Å². The highest BCUT2D eigenvalue weighted by atomic mass is 16.5. The van der Waals surface area contributed by atoms with Crippen molar-refractivity contribution in [2.24, 2.45) is 0 Å². The van der Waals surface area contributed by atoms with Crippen LogP contribution in [0.15, 0.2) is 60.7 Å². The van der Waals surface area contributed by atoms with Crippen molar-refractivity contribution in [3.63, 3.8) is 0 Å². The highest BCUT2D eigenvalue weighted by molar-refractivity contribution is 5.84. The van der Waals surface area contributed by atoms with E-state index in [1.807, 2.05) is 60.7 Å². The van der Waals surface area contributed by atoms with Crippen LogP contribution in [0.3, 0.4) is 0 Å². The van der Waals surface area contributed by atoms with Gasteiger partial charge in [0.25, 0.3) is 0 Å². The van der Waals surface area contributed by atoms with Crippen LogP contribution in [0.25, 0.3) is 0 Å². The van der Waals surface area contributed by atoms with Crippen LogP contribution in [0.1, 0.15) is 43.7 Å². The van der Waals surface area contributed by atoms with Crippen LogP contribution in [0, 0.1) is 0 Å². The highest BCUT2D eigenvalue weighted by Gasteiger charge is 2.21. The van der Waals surface area contributed by atoms with Gasteiger partial charge >= 0.3 is 12.1 Å². The Morgan fingerprint density at radius 3 is 2.00 bits per heavy atom. The van der Waals surface area contributed by atoms with Gasteiger partial charge in [-0.05, 0) is 30.4 Å². The third-order valence-corrected chi connectivity index (χ3v) is 4.57. The Hall–Kier alpha value is -3.35. The van der Waals surface area contributed by atoms with Gasteiger partial charge in [0.15, 0.2) is 0 Å². The molecule has 0 spiro atoms. The van der Waals surface area contributed by atoms with Crippen molar-refractivity contribution >= 4 is 18.0 Å². The molecule has 7 heteroatoms. The van der Waals surface area contributed by atoms with E-state index in [4.69, 9.17) is 9.47 Å². The lowest BCUT2D eigenvalue weighted by Crippen LogP contribution is -2.41. The summed E-state index contributed by atoms with van der Waals surface area (Å²) in [5.74, 6) is -0.662. The van der Waals surface area contributed by atoms with Crippen molar-refractivity contribution in [1.82, 2.24) is 10.6 Å². The predicted octanol–water partition coefficient (Wildman–Crippen LogP) is 3.72. The lowest BCUT2D eigenvalue weighted by molar-refractivity contribution is -0.149. The Morgan fingerprint density at radius 1 is 0.839 bits per heavy atom. The fourth-order valence-corrected chi connectivity index (χ4v) is 2.81. The van der Waals surface area contributed by atoms with Crippen molar-refractivity contribution in [1.29, 1.82) is 0 Å². The van der Waals surface area contributed by atoms with E-state index in [1.165, 1.54) is 0 Å². The molecule has 2 N–H and O–H groups in total. The first kappa shape index (κ1) is 23.9. The number of amides is 2. The summed E-state index contributed by atoms with van der Waals surface area (Å²) in [5.41, 5.74) is 1.80. The molecule has 0 aromatic heterocycles. The molecule has 0 bridgehead atoms. The van der Waals surface area contributed by atoms with E-state index < -0.39 is 18.1 Å². The van der Waals surface area contributed by atoms with Gasteiger partial charge in [-0.2, -0.15) is 0 Å². The van der Waals surface area contributed by atoms with E-state index in [-0.39, 0.29) is 25.5 Å². The number of ether oxygens (including phenoxy) is 2. The number of hydrogen-bond donors (Lipinski definition) is 2. The number of rotatable bonds is 12. The number of unbranched alkanes of at least 4 members (excludes halogenated alkanes) is 1. The third-order valence-electron chi connectivity index (χ3n) is 4.57. The maximum absolute atomic E-state index is 12.4. The first-order valence-corrected chi connectivity index (χ1v) is 10.5. The molecule has 2 rings (SSSR count). The van der Waals surface area contributed by atoms with E-state index in [1.54, 1.807) is 6.92 Å². The number of esters is 1. The zero-order chi connectivity index (χ0) is 22.3. The number of benzene rings is 2. The van der Waals surface area contributed by atoms with E-state index in [0.29, 0.717) is 25.8 Å². The summed E-state index contributed by atoms with van der Waals surface area (Å²) in [6, 6.07) is 18.1. The minimum atomic E-state index is -0.707. The fraction of sp³-hybridized carbons (Fsp3) is 0.375. The molecule has 7 nitrogen and oxygen atoms in total. The average molecular weight is 427 g/mol. The molecule has 2 amide bonds. The summed E-state index contributed by atoms with van der Waals surface area (Å²) in [5, 5.41) is 5.41. The fourth-order valence-electron chi connectivity index (χ4n) is 2.81. The Balaban J connectivity index is 1.68. The van der Waals surface area contributed by atoms with Gasteiger partial charge in [0.05, 0.1) is 0 Å². The van der Waals surface area contributed by atoms with Crippen molar-refractivity contribution < 1.29 is 23.9 Å². The quantitative estimate of drug-likeness (QED) is 0.399. The molecule has 166 valence electrons. The van der Waals surface area contributed by atoms with Crippen LogP contribution in [0.2, 0.25) is 0 Å². The van der Waals surface area contributed by atoms with Crippen LogP contribution in [0.5, 0.6) is 0 Å². The third kappa shape index (κ3) is 9.80. The minimum absolute atomic E-state index is 0.160. The largest absolute Gasteiger partial charge is 0.459 e. The predicted molar refractivity (Wildman–Crippen MR) is 117 cm³/mol. The monoisotopic (exact) mass is 426 g/mol. The summed E-state index contributed by atoms with van der Waals surface area (Å²) < 4.78 is 10.5. The van der Waals surface area contributed by atoms with E-state index in [2.05, 4.69) is 10.6 Å². The van der Waals surface area contributed by atoms with Crippen LogP contribution in [-0.4, -0.2) is 30.6 Å². The summed E-state index contributed by atoms with van der Waals surface area (Å²) in [7, 11) is 0. The van der Waals surface area contributed by atoms with Gasteiger partial charge in [-0.25, -0.2) is 9.59 Å². The Labute approximate surface area is 183 Å². The molecule has 0 radical (unpaired) electrons. The second-order valence-corrected chi connectivity index (χ2v) is 7.05. The van der Waals surface area contributed by atoms with Crippen molar-refractivity contribution in [2.45, 2.75) is 51.9 Å². The summed E-state index contributed by atoms with van der Waals surface area (Å²) in [6.07, 6.45) is 1.51. The van der Waals surface area contributed by atoms with Gasteiger partial charge in [0, 0.05) is 13.0 Å². The second-order valence-electron chi connectivity index (χ2n) is 7.05.